The summed E-state index contributed by atoms with van der Waals surface area (Å²) in [6.07, 6.45) is 3.55. The maximum atomic E-state index is 12.6. The number of phenolic OH excluding ortho intramolecular Hbond substituents is 1. The van der Waals surface area contributed by atoms with Gasteiger partial charge in [0.2, 0.25) is 0 Å². The van der Waals surface area contributed by atoms with Gasteiger partial charge in [-0.3, -0.25) is 4.79 Å². The summed E-state index contributed by atoms with van der Waals surface area (Å²) < 4.78 is 0.954. The van der Waals surface area contributed by atoms with E-state index in [0.717, 1.165) is 16.5 Å². The number of piperidine rings is 1. The van der Waals surface area contributed by atoms with E-state index >= 15 is 0 Å². The number of benzene rings is 1. The smallest absolute Gasteiger partial charge is 0.257 e. The van der Waals surface area contributed by atoms with Gasteiger partial charge in [-0.15, -0.1) is 0 Å². The number of hydrogen-bond donors (Lipinski definition) is 2. The van der Waals surface area contributed by atoms with Gasteiger partial charge in [-0.25, -0.2) is 0 Å². The third-order valence-corrected chi connectivity index (χ3v) is 4.38. The van der Waals surface area contributed by atoms with Crippen molar-refractivity contribution in [2.45, 2.75) is 32.2 Å². The van der Waals surface area contributed by atoms with Crippen LogP contribution in [0.25, 0.3) is 0 Å². The average molecular weight is 388 g/mol. The van der Waals surface area contributed by atoms with Gasteiger partial charge in [-0.05, 0) is 67.1 Å². The molecule has 5 heteroatoms. The molecule has 1 aromatic rings. The minimum absolute atomic E-state index is 0.0606. The first-order valence-electron chi connectivity index (χ1n) is 7.13. The van der Waals surface area contributed by atoms with E-state index in [1.807, 2.05) is 11.8 Å². The fourth-order valence-electron chi connectivity index (χ4n) is 2.55. The monoisotopic (exact) mass is 388 g/mol. The molecule has 1 aromatic carbocycles. The van der Waals surface area contributed by atoms with Crippen LogP contribution in [0.3, 0.4) is 0 Å². The number of aromatic hydroxyl groups is 1. The summed E-state index contributed by atoms with van der Waals surface area (Å²) in [5, 5.41) is 13.3. The SMILES string of the molecule is CCN(CC1CCCCN1)C(=O)c1cc(I)ccc1O. The van der Waals surface area contributed by atoms with Crippen LogP contribution in [0.15, 0.2) is 18.2 Å². The highest BCUT2D eigenvalue weighted by atomic mass is 127. The molecule has 20 heavy (non-hydrogen) atoms. The number of halogens is 1. The molecule has 1 heterocycles. The zero-order chi connectivity index (χ0) is 14.5. The average Bonchev–Trinajstić information content (AvgIpc) is 2.47. The van der Waals surface area contributed by atoms with Crippen molar-refractivity contribution in [3.8, 4) is 5.75 Å². The highest BCUT2D eigenvalue weighted by molar-refractivity contribution is 14.1. The number of rotatable bonds is 4. The van der Waals surface area contributed by atoms with E-state index in [9.17, 15) is 9.90 Å². The minimum Gasteiger partial charge on any atom is -0.507 e. The van der Waals surface area contributed by atoms with Crippen LogP contribution in [0.1, 0.15) is 36.5 Å². The Hall–Kier alpha value is -0.820. The number of nitrogens with one attached hydrogen (secondary N) is 1. The fraction of sp³-hybridized carbons (Fsp3) is 0.533. The Labute approximate surface area is 133 Å². The van der Waals surface area contributed by atoms with Gasteiger partial charge in [-0.1, -0.05) is 6.42 Å². The van der Waals surface area contributed by atoms with Crippen LogP contribution in [0, 0.1) is 3.57 Å². The quantitative estimate of drug-likeness (QED) is 0.780. The molecule has 1 unspecified atom stereocenters. The molecular weight excluding hydrogens is 367 g/mol. The Kier molecular flexibility index (Phi) is 5.65. The lowest BCUT2D eigenvalue weighted by atomic mass is 10.0. The first-order chi connectivity index (χ1) is 9.61. The van der Waals surface area contributed by atoms with Crippen LogP contribution in [0.4, 0.5) is 0 Å². The van der Waals surface area contributed by atoms with Crippen LogP contribution >= 0.6 is 22.6 Å². The first-order valence-corrected chi connectivity index (χ1v) is 8.21. The summed E-state index contributed by atoms with van der Waals surface area (Å²) >= 11 is 2.15. The Morgan fingerprint density at radius 2 is 2.30 bits per heavy atom. The van der Waals surface area contributed by atoms with Crippen LogP contribution < -0.4 is 5.32 Å². The summed E-state index contributed by atoms with van der Waals surface area (Å²) in [7, 11) is 0. The molecule has 0 spiro atoms. The summed E-state index contributed by atoms with van der Waals surface area (Å²) in [6, 6.07) is 5.50. The van der Waals surface area contributed by atoms with E-state index in [2.05, 4.69) is 27.9 Å². The fourth-order valence-corrected chi connectivity index (χ4v) is 3.04. The van der Waals surface area contributed by atoms with E-state index in [0.29, 0.717) is 24.7 Å². The minimum atomic E-state index is -0.0871. The van der Waals surface area contributed by atoms with Crippen LogP contribution in [0.2, 0.25) is 0 Å². The Balaban J connectivity index is 2.09. The van der Waals surface area contributed by atoms with Gasteiger partial charge in [0.25, 0.3) is 5.91 Å². The van der Waals surface area contributed by atoms with Gasteiger partial charge in [0, 0.05) is 22.7 Å². The molecule has 1 saturated heterocycles. The third kappa shape index (κ3) is 3.85. The molecule has 1 amide bonds. The van der Waals surface area contributed by atoms with Crippen molar-refractivity contribution in [1.82, 2.24) is 10.2 Å². The molecule has 0 aromatic heterocycles. The van der Waals surface area contributed by atoms with E-state index in [-0.39, 0.29) is 11.7 Å². The van der Waals surface area contributed by atoms with Crippen molar-refractivity contribution in [3.63, 3.8) is 0 Å². The van der Waals surface area contributed by atoms with Gasteiger partial charge in [0.05, 0.1) is 5.56 Å². The summed E-state index contributed by atoms with van der Waals surface area (Å²) in [6.45, 7) is 4.37. The van der Waals surface area contributed by atoms with Crippen LogP contribution in [0.5, 0.6) is 5.75 Å². The van der Waals surface area contributed by atoms with Crippen molar-refractivity contribution in [1.29, 1.82) is 0 Å². The van der Waals surface area contributed by atoms with Gasteiger partial charge in [0.1, 0.15) is 5.75 Å². The predicted octanol–water partition coefficient (Wildman–Crippen LogP) is 2.60. The summed E-state index contributed by atoms with van der Waals surface area (Å²) in [5.74, 6) is -0.0265. The Bertz CT molecular complexity index is 473. The molecule has 1 aliphatic rings. The lowest BCUT2D eigenvalue weighted by Crippen LogP contribution is -2.45. The molecule has 110 valence electrons. The number of likely N-dealkylation sites (N-methyl/N-ethyl adjacent to an activating group) is 1. The van der Waals surface area contributed by atoms with Crippen molar-refractivity contribution in [3.05, 3.63) is 27.3 Å². The van der Waals surface area contributed by atoms with Crippen LogP contribution in [-0.2, 0) is 0 Å². The Morgan fingerprint density at radius 1 is 1.50 bits per heavy atom. The lowest BCUT2D eigenvalue weighted by molar-refractivity contribution is 0.0738. The zero-order valence-corrected chi connectivity index (χ0v) is 13.9. The maximum Gasteiger partial charge on any atom is 0.257 e. The number of amides is 1. The van der Waals surface area contributed by atoms with E-state index in [1.54, 1.807) is 18.2 Å². The maximum absolute atomic E-state index is 12.6. The van der Waals surface area contributed by atoms with Crippen LogP contribution in [-0.4, -0.2) is 41.6 Å². The molecule has 0 aliphatic carbocycles. The molecule has 1 atom stereocenters. The van der Waals surface area contributed by atoms with Crippen molar-refractivity contribution in [2.75, 3.05) is 19.6 Å². The van der Waals surface area contributed by atoms with Gasteiger partial charge >= 0.3 is 0 Å². The second-order valence-electron chi connectivity index (χ2n) is 5.15. The molecular formula is C15H21IN2O2. The predicted molar refractivity (Wildman–Crippen MR) is 88.0 cm³/mol. The third-order valence-electron chi connectivity index (χ3n) is 3.71. The second kappa shape index (κ2) is 7.26. The van der Waals surface area contributed by atoms with Crippen molar-refractivity contribution in [2.24, 2.45) is 0 Å². The Morgan fingerprint density at radius 3 is 2.95 bits per heavy atom. The topological polar surface area (TPSA) is 52.6 Å². The highest BCUT2D eigenvalue weighted by Gasteiger charge is 2.22. The largest absolute Gasteiger partial charge is 0.507 e. The van der Waals surface area contributed by atoms with Crippen molar-refractivity contribution < 1.29 is 9.90 Å². The molecule has 2 N–H and O–H groups in total. The normalized spacial score (nSPS) is 18.8. The standard InChI is InChI=1S/C15H21IN2O2/c1-2-18(10-12-5-3-4-8-17-12)15(20)13-9-11(16)6-7-14(13)19/h6-7,9,12,17,19H,2-5,8,10H2,1H3. The van der Waals surface area contributed by atoms with Gasteiger partial charge in [0.15, 0.2) is 0 Å². The van der Waals surface area contributed by atoms with Crippen molar-refractivity contribution >= 4 is 28.5 Å². The summed E-state index contributed by atoms with van der Waals surface area (Å²) in [4.78, 5) is 14.4. The van der Waals surface area contributed by atoms with E-state index in [1.165, 1.54) is 12.8 Å². The first kappa shape index (κ1) is 15.6. The molecule has 4 nitrogen and oxygen atoms in total. The number of nitrogens with zero attached hydrogens (tertiary/aromatic N) is 1. The number of carbonyl (C=O) groups excluding carboxylic acids is 1. The molecule has 0 bridgehead atoms. The van der Waals surface area contributed by atoms with Gasteiger partial charge < -0.3 is 15.3 Å². The van der Waals surface area contributed by atoms with E-state index in [4.69, 9.17) is 0 Å². The molecule has 1 aliphatic heterocycles. The van der Waals surface area contributed by atoms with E-state index < -0.39 is 0 Å². The highest BCUT2D eigenvalue weighted by Crippen LogP contribution is 2.22. The molecule has 0 saturated carbocycles. The van der Waals surface area contributed by atoms with Gasteiger partial charge in [-0.2, -0.15) is 0 Å². The second-order valence-corrected chi connectivity index (χ2v) is 6.40. The number of carbonyl (C=O) groups is 1. The number of phenols is 1. The molecule has 2 rings (SSSR count). The molecule has 1 fully saturated rings. The lowest BCUT2D eigenvalue weighted by Gasteiger charge is -2.30. The molecule has 0 radical (unpaired) electrons. The number of hydrogen-bond acceptors (Lipinski definition) is 3. The summed E-state index contributed by atoms with van der Waals surface area (Å²) in [5.41, 5.74) is 0.398. The zero-order valence-electron chi connectivity index (χ0n) is 11.7.